The van der Waals surface area contributed by atoms with E-state index in [0.29, 0.717) is 11.0 Å². The van der Waals surface area contributed by atoms with Crippen LogP contribution in [-0.2, 0) is 13.6 Å². The molecule has 0 fully saturated rings. The highest BCUT2D eigenvalue weighted by atomic mass is 79.9. The number of aryl methyl sites for hydroxylation is 1. The molecule has 2 aromatic heterocycles. The van der Waals surface area contributed by atoms with Gasteiger partial charge in [-0.15, -0.1) is 0 Å². The van der Waals surface area contributed by atoms with E-state index < -0.39 is 0 Å². The van der Waals surface area contributed by atoms with Crippen molar-refractivity contribution in [1.29, 1.82) is 0 Å². The molecular weight excluding hydrogens is 275 g/mol. The Hall–Kier alpha value is -1.43. The zero-order valence-corrected chi connectivity index (χ0v) is 10.2. The van der Waals surface area contributed by atoms with Crippen LogP contribution in [0.1, 0.15) is 5.69 Å². The molecule has 0 spiro atoms. The van der Waals surface area contributed by atoms with Gasteiger partial charge in [-0.05, 0) is 28.1 Å². The first-order chi connectivity index (χ1) is 7.65. The molecule has 0 bridgehead atoms. The largest absolute Gasteiger partial charge is 0.362 e. The van der Waals surface area contributed by atoms with E-state index in [1.807, 2.05) is 19.3 Å². The third-order valence-corrected chi connectivity index (χ3v) is 2.45. The quantitative estimate of drug-likeness (QED) is 0.941. The van der Waals surface area contributed by atoms with Gasteiger partial charge in [-0.1, -0.05) is 0 Å². The Kier molecular flexibility index (Phi) is 3.19. The summed E-state index contributed by atoms with van der Waals surface area (Å²) in [4.78, 5) is 3.93. The maximum Gasteiger partial charge on any atom is 0.166 e. The molecule has 4 nitrogen and oxygen atoms in total. The van der Waals surface area contributed by atoms with Crippen molar-refractivity contribution in [2.45, 2.75) is 6.54 Å². The average Bonchev–Trinajstić information content (AvgIpc) is 2.63. The molecule has 2 rings (SSSR count). The molecule has 2 aromatic rings. The van der Waals surface area contributed by atoms with E-state index in [-0.39, 0.29) is 11.6 Å². The molecule has 0 unspecified atom stereocenters. The molecule has 0 aromatic carbocycles. The highest BCUT2D eigenvalue weighted by Crippen LogP contribution is 2.16. The van der Waals surface area contributed by atoms with Gasteiger partial charge in [-0.3, -0.25) is 4.68 Å². The summed E-state index contributed by atoms with van der Waals surface area (Å²) in [7, 11) is 1.84. The van der Waals surface area contributed by atoms with Crippen LogP contribution in [0.15, 0.2) is 29.0 Å². The molecule has 0 amide bonds. The minimum atomic E-state index is -0.384. The van der Waals surface area contributed by atoms with E-state index in [2.05, 4.69) is 31.3 Å². The molecule has 84 valence electrons. The Morgan fingerprint density at radius 1 is 1.56 bits per heavy atom. The zero-order chi connectivity index (χ0) is 11.5. The predicted octanol–water partition coefficient (Wildman–Crippen LogP) is 2.33. The monoisotopic (exact) mass is 284 g/mol. The Morgan fingerprint density at radius 2 is 2.38 bits per heavy atom. The van der Waals surface area contributed by atoms with Crippen molar-refractivity contribution >= 4 is 21.7 Å². The van der Waals surface area contributed by atoms with Gasteiger partial charge in [0, 0.05) is 23.9 Å². The van der Waals surface area contributed by atoms with Crippen LogP contribution in [0, 0.1) is 5.82 Å². The molecule has 16 heavy (non-hydrogen) atoms. The standard InChI is InChI=1S/C10H10BrFN4/c1-16-3-2-8(15-16)6-14-10-9(12)4-7(11)5-13-10/h2-5H,6H2,1H3,(H,13,14). The Bertz CT molecular complexity index is 497. The third-order valence-electron chi connectivity index (χ3n) is 2.01. The maximum absolute atomic E-state index is 13.4. The van der Waals surface area contributed by atoms with Gasteiger partial charge in [0.25, 0.3) is 0 Å². The van der Waals surface area contributed by atoms with Crippen molar-refractivity contribution in [2.75, 3.05) is 5.32 Å². The van der Waals surface area contributed by atoms with Crippen LogP contribution in [-0.4, -0.2) is 14.8 Å². The summed E-state index contributed by atoms with van der Waals surface area (Å²) < 4.78 is 15.7. The van der Waals surface area contributed by atoms with E-state index in [9.17, 15) is 4.39 Å². The molecule has 0 radical (unpaired) electrons. The van der Waals surface area contributed by atoms with E-state index >= 15 is 0 Å². The molecule has 2 heterocycles. The normalized spacial score (nSPS) is 10.4. The summed E-state index contributed by atoms with van der Waals surface area (Å²) in [6.45, 7) is 0.451. The number of rotatable bonds is 3. The molecule has 0 saturated heterocycles. The van der Waals surface area contributed by atoms with E-state index in [1.165, 1.54) is 6.07 Å². The van der Waals surface area contributed by atoms with Crippen LogP contribution >= 0.6 is 15.9 Å². The van der Waals surface area contributed by atoms with E-state index in [1.54, 1.807) is 10.9 Å². The molecule has 0 atom stereocenters. The van der Waals surface area contributed by atoms with Crippen molar-refractivity contribution in [1.82, 2.24) is 14.8 Å². The van der Waals surface area contributed by atoms with Gasteiger partial charge in [0.05, 0.1) is 12.2 Å². The number of halogens is 2. The second-order valence-corrected chi connectivity index (χ2v) is 4.23. The number of pyridine rings is 1. The number of aromatic nitrogens is 3. The van der Waals surface area contributed by atoms with Crippen molar-refractivity contribution < 1.29 is 4.39 Å². The highest BCUT2D eigenvalue weighted by Gasteiger charge is 2.04. The van der Waals surface area contributed by atoms with Crippen LogP contribution in [0.25, 0.3) is 0 Å². The fraction of sp³-hybridized carbons (Fsp3) is 0.200. The smallest absolute Gasteiger partial charge is 0.166 e. The second kappa shape index (κ2) is 4.61. The Balaban J connectivity index is 2.04. The van der Waals surface area contributed by atoms with Gasteiger partial charge in [-0.25, -0.2) is 9.37 Å². The number of hydrogen-bond donors (Lipinski definition) is 1. The fourth-order valence-corrected chi connectivity index (χ4v) is 1.58. The van der Waals surface area contributed by atoms with Crippen molar-refractivity contribution in [3.8, 4) is 0 Å². The van der Waals surface area contributed by atoms with Gasteiger partial charge in [0.15, 0.2) is 11.6 Å². The summed E-state index contributed by atoms with van der Waals surface area (Å²) in [6.07, 6.45) is 3.38. The lowest BCUT2D eigenvalue weighted by Gasteiger charge is -2.04. The van der Waals surface area contributed by atoms with Gasteiger partial charge in [-0.2, -0.15) is 5.10 Å². The first-order valence-electron chi connectivity index (χ1n) is 4.68. The van der Waals surface area contributed by atoms with E-state index in [4.69, 9.17) is 0 Å². The number of anilines is 1. The van der Waals surface area contributed by atoms with Crippen LogP contribution in [0.5, 0.6) is 0 Å². The molecule has 0 aliphatic carbocycles. The van der Waals surface area contributed by atoms with Gasteiger partial charge < -0.3 is 5.32 Å². The first-order valence-corrected chi connectivity index (χ1v) is 5.48. The zero-order valence-electron chi connectivity index (χ0n) is 8.61. The topological polar surface area (TPSA) is 42.7 Å². The van der Waals surface area contributed by atoms with Gasteiger partial charge in [0.2, 0.25) is 0 Å². The molecule has 1 N–H and O–H groups in total. The summed E-state index contributed by atoms with van der Waals surface area (Å²) >= 11 is 3.15. The average molecular weight is 285 g/mol. The predicted molar refractivity (Wildman–Crippen MR) is 62.4 cm³/mol. The maximum atomic E-state index is 13.4. The van der Waals surface area contributed by atoms with Gasteiger partial charge in [0.1, 0.15) is 0 Å². The molecule has 0 aliphatic heterocycles. The molecular formula is C10H10BrFN4. The lowest BCUT2D eigenvalue weighted by Crippen LogP contribution is -2.04. The van der Waals surface area contributed by atoms with Crippen molar-refractivity contribution in [3.63, 3.8) is 0 Å². The highest BCUT2D eigenvalue weighted by molar-refractivity contribution is 9.10. The Morgan fingerprint density at radius 3 is 3.00 bits per heavy atom. The molecule has 0 saturated carbocycles. The third kappa shape index (κ3) is 2.57. The summed E-state index contributed by atoms with van der Waals surface area (Å²) in [5.74, 6) is -0.154. The summed E-state index contributed by atoms with van der Waals surface area (Å²) in [5, 5.41) is 7.05. The molecule has 6 heteroatoms. The lowest BCUT2D eigenvalue weighted by molar-refractivity contribution is 0.623. The molecule has 0 aliphatic rings. The SMILES string of the molecule is Cn1ccc(CNc2ncc(Br)cc2F)n1. The number of nitrogens with one attached hydrogen (secondary N) is 1. The minimum absolute atomic E-state index is 0.230. The lowest BCUT2D eigenvalue weighted by atomic mass is 10.4. The van der Waals surface area contributed by atoms with Crippen LogP contribution in [0.2, 0.25) is 0 Å². The number of nitrogens with zero attached hydrogens (tertiary/aromatic N) is 3. The van der Waals surface area contributed by atoms with Crippen LogP contribution < -0.4 is 5.32 Å². The Labute approximate surface area is 101 Å². The minimum Gasteiger partial charge on any atom is -0.362 e. The van der Waals surface area contributed by atoms with E-state index in [0.717, 1.165) is 5.69 Å². The first kappa shape index (κ1) is 11.1. The summed E-state index contributed by atoms with van der Waals surface area (Å²) in [6, 6.07) is 3.23. The van der Waals surface area contributed by atoms with Crippen LogP contribution in [0.4, 0.5) is 10.2 Å². The fourth-order valence-electron chi connectivity index (χ4n) is 1.28. The second-order valence-electron chi connectivity index (χ2n) is 3.32. The van der Waals surface area contributed by atoms with Crippen molar-refractivity contribution in [3.05, 3.63) is 40.5 Å². The van der Waals surface area contributed by atoms with Gasteiger partial charge >= 0.3 is 0 Å². The summed E-state index contributed by atoms with van der Waals surface area (Å²) in [5.41, 5.74) is 0.839. The van der Waals surface area contributed by atoms with Crippen molar-refractivity contribution in [2.24, 2.45) is 7.05 Å². The number of hydrogen-bond acceptors (Lipinski definition) is 3. The van der Waals surface area contributed by atoms with Crippen LogP contribution in [0.3, 0.4) is 0 Å².